The third-order valence-corrected chi connectivity index (χ3v) is 4.36. The molecule has 0 radical (unpaired) electrons. The van der Waals surface area contributed by atoms with Crippen LogP contribution in [0.3, 0.4) is 0 Å². The molecule has 0 bridgehead atoms. The highest BCUT2D eigenvalue weighted by molar-refractivity contribution is 7.07. The minimum absolute atomic E-state index is 0.116. The van der Waals surface area contributed by atoms with Gasteiger partial charge in [0.2, 0.25) is 0 Å². The number of hydrogen-bond acceptors (Lipinski definition) is 6. The lowest BCUT2D eigenvalue weighted by atomic mass is 10.1. The van der Waals surface area contributed by atoms with E-state index in [0.29, 0.717) is 6.61 Å². The minimum atomic E-state index is 0.116. The van der Waals surface area contributed by atoms with Crippen LogP contribution in [0.15, 0.2) is 22.9 Å². The predicted molar refractivity (Wildman–Crippen MR) is 84.6 cm³/mol. The molecule has 1 fully saturated rings. The van der Waals surface area contributed by atoms with Crippen molar-refractivity contribution in [1.82, 2.24) is 14.9 Å². The third-order valence-electron chi connectivity index (χ3n) is 3.63. The van der Waals surface area contributed by atoms with Crippen LogP contribution in [0.2, 0.25) is 0 Å². The largest absolute Gasteiger partial charge is 0.378 e. The Labute approximate surface area is 129 Å². The molecular weight excluding hydrogens is 284 g/mol. The second-order valence-corrected chi connectivity index (χ2v) is 5.98. The molecule has 0 aliphatic carbocycles. The zero-order chi connectivity index (χ0) is 14.7. The van der Waals surface area contributed by atoms with Crippen LogP contribution in [-0.4, -0.2) is 41.7 Å². The summed E-state index contributed by atoms with van der Waals surface area (Å²) >= 11 is 1.73. The molecule has 1 aliphatic rings. The van der Waals surface area contributed by atoms with Crippen molar-refractivity contribution in [1.29, 1.82) is 0 Å². The monoisotopic (exact) mass is 304 g/mol. The van der Waals surface area contributed by atoms with Crippen LogP contribution in [0.25, 0.3) is 0 Å². The van der Waals surface area contributed by atoms with Crippen LogP contribution in [0.4, 0.5) is 5.82 Å². The average Bonchev–Trinajstić information content (AvgIpc) is 3.00. The molecule has 1 aliphatic heterocycles. The summed E-state index contributed by atoms with van der Waals surface area (Å²) < 4.78 is 5.66. The van der Waals surface area contributed by atoms with E-state index in [0.717, 1.165) is 37.0 Å². The van der Waals surface area contributed by atoms with Crippen molar-refractivity contribution in [3.63, 3.8) is 0 Å². The molecule has 0 unspecified atom stereocenters. The molecule has 0 spiro atoms. The summed E-state index contributed by atoms with van der Waals surface area (Å²) in [7, 11) is 1.88. The van der Waals surface area contributed by atoms with Gasteiger partial charge in [-0.2, -0.15) is 11.3 Å². The highest BCUT2D eigenvalue weighted by atomic mass is 32.1. The van der Waals surface area contributed by atoms with Gasteiger partial charge >= 0.3 is 0 Å². The number of thiophene rings is 1. The molecule has 0 saturated carbocycles. The second-order valence-electron chi connectivity index (χ2n) is 5.20. The highest BCUT2D eigenvalue weighted by Crippen LogP contribution is 2.25. The SMILES string of the molecule is CNc1cc(C)nc([C@H]2COCCN2Cc2ccsc2)n1. The van der Waals surface area contributed by atoms with E-state index in [9.17, 15) is 0 Å². The minimum Gasteiger partial charge on any atom is -0.378 e. The summed E-state index contributed by atoms with van der Waals surface area (Å²) in [5.74, 6) is 1.70. The molecule has 3 heterocycles. The van der Waals surface area contributed by atoms with Gasteiger partial charge in [0.05, 0.1) is 19.3 Å². The summed E-state index contributed by atoms with van der Waals surface area (Å²) in [6.07, 6.45) is 0. The fourth-order valence-electron chi connectivity index (χ4n) is 2.55. The van der Waals surface area contributed by atoms with Crippen molar-refractivity contribution in [3.05, 3.63) is 40.0 Å². The van der Waals surface area contributed by atoms with Crippen molar-refractivity contribution in [2.75, 3.05) is 32.1 Å². The summed E-state index contributed by atoms with van der Waals surface area (Å²) in [5, 5.41) is 7.41. The molecule has 5 nitrogen and oxygen atoms in total. The van der Waals surface area contributed by atoms with Gasteiger partial charge in [0.15, 0.2) is 0 Å². The first-order valence-corrected chi connectivity index (χ1v) is 8.07. The van der Waals surface area contributed by atoms with Crippen LogP contribution < -0.4 is 5.32 Å². The summed E-state index contributed by atoms with van der Waals surface area (Å²) in [4.78, 5) is 11.6. The van der Waals surface area contributed by atoms with Gasteiger partial charge in [-0.25, -0.2) is 9.97 Å². The van der Waals surface area contributed by atoms with E-state index in [1.165, 1.54) is 5.56 Å². The summed E-state index contributed by atoms with van der Waals surface area (Å²) in [5.41, 5.74) is 2.32. The van der Waals surface area contributed by atoms with Gasteiger partial charge in [-0.3, -0.25) is 4.90 Å². The number of ether oxygens (including phenoxy) is 1. The van der Waals surface area contributed by atoms with E-state index >= 15 is 0 Å². The molecule has 2 aromatic rings. The van der Waals surface area contributed by atoms with Crippen molar-refractivity contribution < 1.29 is 4.74 Å². The number of aryl methyl sites for hydroxylation is 1. The Kier molecular flexibility index (Phi) is 4.48. The van der Waals surface area contributed by atoms with Gasteiger partial charge in [0.1, 0.15) is 11.6 Å². The van der Waals surface area contributed by atoms with Gasteiger partial charge in [0.25, 0.3) is 0 Å². The Morgan fingerprint density at radius 1 is 1.48 bits per heavy atom. The van der Waals surface area contributed by atoms with Crippen molar-refractivity contribution in [2.45, 2.75) is 19.5 Å². The van der Waals surface area contributed by atoms with E-state index in [1.807, 2.05) is 20.0 Å². The Hall–Kier alpha value is -1.50. The second kappa shape index (κ2) is 6.51. The predicted octanol–water partition coefficient (Wildman–Crippen LogP) is 2.46. The molecular formula is C15H20N4OS. The van der Waals surface area contributed by atoms with Crippen molar-refractivity contribution in [2.24, 2.45) is 0 Å². The number of aromatic nitrogens is 2. The standard InChI is InChI=1S/C15H20N4OS/c1-11-7-14(16-2)18-15(17-11)13-9-20-5-4-19(13)8-12-3-6-21-10-12/h3,6-7,10,13H,4-5,8-9H2,1-2H3,(H,16,17,18)/t13-/m1/s1. The van der Waals surface area contributed by atoms with Crippen LogP contribution in [-0.2, 0) is 11.3 Å². The van der Waals surface area contributed by atoms with E-state index in [1.54, 1.807) is 11.3 Å². The third kappa shape index (κ3) is 3.40. The average molecular weight is 304 g/mol. The molecule has 21 heavy (non-hydrogen) atoms. The first-order valence-electron chi connectivity index (χ1n) is 7.12. The summed E-state index contributed by atoms with van der Waals surface area (Å²) in [6, 6.07) is 4.25. The first kappa shape index (κ1) is 14.4. The molecule has 1 N–H and O–H groups in total. The Bertz CT molecular complexity index is 587. The maximum atomic E-state index is 5.66. The number of nitrogens with one attached hydrogen (secondary N) is 1. The Morgan fingerprint density at radius 2 is 2.38 bits per heavy atom. The Balaban J connectivity index is 1.85. The lowest BCUT2D eigenvalue weighted by Crippen LogP contribution is -2.39. The topological polar surface area (TPSA) is 50.3 Å². The maximum Gasteiger partial charge on any atom is 0.150 e. The molecule has 0 aromatic carbocycles. The van der Waals surface area contributed by atoms with Crippen LogP contribution >= 0.6 is 11.3 Å². The van der Waals surface area contributed by atoms with Gasteiger partial charge in [-0.1, -0.05) is 0 Å². The maximum absolute atomic E-state index is 5.66. The lowest BCUT2D eigenvalue weighted by molar-refractivity contribution is -0.0158. The van der Waals surface area contributed by atoms with Crippen LogP contribution in [0.1, 0.15) is 23.1 Å². The molecule has 112 valence electrons. The molecule has 2 aromatic heterocycles. The number of anilines is 1. The quantitative estimate of drug-likeness (QED) is 0.940. The molecule has 6 heteroatoms. The molecule has 1 saturated heterocycles. The highest BCUT2D eigenvalue weighted by Gasteiger charge is 2.27. The van der Waals surface area contributed by atoms with Crippen molar-refractivity contribution in [3.8, 4) is 0 Å². The van der Waals surface area contributed by atoms with Gasteiger partial charge in [-0.15, -0.1) is 0 Å². The first-order chi connectivity index (χ1) is 10.3. The van der Waals surface area contributed by atoms with E-state index in [4.69, 9.17) is 4.74 Å². The zero-order valence-electron chi connectivity index (χ0n) is 12.4. The Morgan fingerprint density at radius 3 is 3.14 bits per heavy atom. The van der Waals surface area contributed by atoms with E-state index < -0.39 is 0 Å². The van der Waals surface area contributed by atoms with Crippen LogP contribution in [0.5, 0.6) is 0 Å². The van der Waals surface area contributed by atoms with Gasteiger partial charge < -0.3 is 10.1 Å². The molecule has 1 atom stereocenters. The number of rotatable bonds is 4. The van der Waals surface area contributed by atoms with Crippen molar-refractivity contribution >= 4 is 17.2 Å². The number of nitrogens with zero attached hydrogens (tertiary/aromatic N) is 3. The fourth-order valence-corrected chi connectivity index (χ4v) is 3.21. The number of morpholine rings is 1. The van der Waals surface area contributed by atoms with Gasteiger partial charge in [0, 0.05) is 31.9 Å². The fraction of sp³-hybridized carbons (Fsp3) is 0.467. The smallest absolute Gasteiger partial charge is 0.150 e. The van der Waals surface area contributed by atoms with Crippen LogP contribution in [0, 0.1) is 6.92 Å². The molecule has 0 amide bonds. The van der Waals surface area contributed by atoms with E-state index in [-0.39, 0.29) is 6.04 Å². The van der Waals surface area contributed by atoms with E-state index in [2.05, 4.69) is 37.0 Å². The normalized spacial score (nSPS) is 19.6. The van der Waals surface area contributed by atoms with Gasteiger partial charge in [-0.05, 0) is 29.3 Å². The number of hydrogen-bond donors (Lipinski definition) is 1. The lowest BCUT2D eigenvalue weighted by Gasteiger charge is -2.34. The molecule has 3 rings (SSSR count). The summed E-state index contributed by atoms with van der Waals surface area (Å²) in [6.45, 7) is 5.25. The zero-order valence-corrected chi connectivity index (χ0v) is 13.2.